The molecular weight excluding hydrogens is 444 g/mol. The molecule has 0 bridgehead atoms. The molecule has 1 fully saturated rings. The number of hydrogen-bond donors (Lipinski definition) is 2. The van der Waals surface area contributed by atoms with Crippen molar-refractivity contribution in [2.24, 2.45) is 0 Å². The Labute approximate surface area is 205 Å². The maximum atomic E-state index is 13.4. The van der Waals surface area contributed by atoms with Gasteiger partial charge in [-0.2, -0.15) is 0 Å². The fourth-order valence-corrected chi connectivity index (χ4v) is 4.31. The monoisotopic (exact) mass is 474 g/mol. The summed E-state index contributed by atoms with van der Waals surface area (Å²) in [4.78, 5) is 27.7. The molecule has 0 spiro atoms. The van der Waals surface area contributed by atoms with E-state index in [0.29, 0.717) is 11.3 Å². The van der Waals surface area contributed by atoms with E-state index in [-0.39, 0.29) is 18.0 Å². The second kappa shape index (κ2) is 11.6. The quantitative estimate of drug-likeness (QED) is 0.411. The van der Waals surface area contributed by atoms with Gasteiger partial charge in [-0.05, 0) is 66.9 Å². The molecule has 0 aliphatic carbocycles. The van der Waals surface area contributed by atoms with E-state index in [1.165, 1.54) is 32.4 Å². The number of aromatic carboxylic acids is 1. The molecule has 1 heterocycles. The summed E-state index contributed by atoms with van der Waals surface area (Å²) in [5.41, 5.74) is 3.30. The van der Waals surface area contributed by atoms with Crippen molar-refractivity contribution in [3.8, 4) is 16.9 Å². The standard InChI is InChI=1S/C28H30N2O5/c1-34-19-35-26-13-10-20(18-30-14-6-3-7-15-30)16-24(26)27(31)29-25-17-22(11-12-23(25)28(32)33)21-8-4-2-5-9-21/h2,4-5,8-13,16-17H,3,6-7,14-15,18-19H2,1H3,(H,29,31)(H,32,33). The minimum absolute atomic E-state index is 0.00435. The molecule has 7 nitrogen and oxygen atoms in total. The van der Waals surface area contributed by atoms with E-state index in [0.717, 1.165) is 36.3 Å². The van der Waals surface area contributed by atoms with Crippen molar-refractivity contribution in [2.75, 3.05) is 32.3 Å². The van der Waals surface area contributed by atoms with Crippen LogP contribution in [-0.4, -0.2) is 48.9 Å². The summed E-state index contributed by atoms with van der Waals surface area (Å²) in [6.45, 7) is 2.82. The van der Waals surface area contributed by atoms with Crippen molar-refractivity contribution >= 4 is 17.6 Å². The fraction of sp³-hybridized carbons (Fsp3) is 0.286. The largest absolute Gasteiger partial charge is 0.478 e. The first kappa shape index (κ1) is 24.4. The topological polar surface area (TPSA) is 88.1 Å². The zero-order valence-electron chi connectivity index (χ0n) is 19.8. The molecular formula is C28H30N2O5. The van der Waals surface area contributed by atoms with Crippen LogP contribution in [0.15, 0.2) is 66.7 Å². The molecule has 4 rings (SSSR count). The first-order valence-electron chi connectivity index (χ1n) is 11.8. The van der Waals surface area contributed by atoms with Crippen molar-refractivity contribution in [3.63, 3.8) is 0 Å². The average molecular weight is 475 g/mol. The fourth-order valence-electron chi connectivity index (χ4n) is 4.31. The van der Waals surface area contributed by atoms with Crippen LogP contribution in [0.1, 0.15) is 45.5 Å². The number of hydrogen-bond acceptors (Lipinski definition) is 5. The van der Waals surface area contributed by atoms with Crippen molar-refractivity contribution in [3.05, 3.63) is 83.4 Å². The highest BCUT2D eigenvalue weighted by molar-refractivity contribution is 6.09. The molecule has 1 saturated heterocycles. The number of nitrogens with zero attached hydrogens (tertiary/aromatic N) is 1. The number of amides is 1. The molecule has 1 aliphatic heterocycles. The van der Waals surface area contributed by atoms with Crippen LogP contribution in [0, 0.1) is 0 Å². The van der Waals surface area contributed by atoms with Crippen LogP contribution < -0.4 is 10.1 Å². The second-order valence-electron chi connectivity index (χ2n) is 8.60. The van der Waals surface area contributed by atoms with E-state index < -0.39 is 11.9 Å². The lowest BCUT2D eigenvalue weighted by molar-refractivity contribution is 0.0503. The van der Waals surface area contributed by atoms with Crippen LogP contribution in [-0.2, 0) is 11.3 Å². The van der Waals surface area contributed by atoms with E-state index >= 15 is 0 Å². The highest BCUT2D eigenvalue weighted by Crippen LogP contribution is 2.28. The normalized spacial score (nSPS) is 13.9. The molecule has 0 atom stereocenters. The lowest BCUT2D eigenvalue weighted by atomic mass is 10.0. The van der Waals surface area contributed by atoms with Gasteiger partial charge < -0.3 is 19.9 Å². The van der Waals surface area contributed by atoms with Crippen LogP contribution in [0.25, 0.3) is 11.1 Å². The molecule has 0 saturated carbocycles. The number of piperidine rings is 1. The zero-order valence-corrected chi connectivity index (χ0v) is 19.8. The number of ether oxygens (including phenoxy) is 2. The van der Waals surface area contributed by atoms with Gasteiger partial charge in [0.15, 0.2) is 6.79 Å². The van der Waals surface area contributed by atoms with Crippen molar-refractivity contribution in [2.45, 2.75) is 25.8 Å². The smallest absolute Gasteiger partial charge is 0.337 e. The predicted octanol–water partition coefficient (Wildman–Crippen LogP) is 5.27. The minimum Gasteiger partial charge on any atom is -0.478 e. The molecule has 2 N–H and O–H groups in total. The van der Waals surface area contributed by atoms with E-state index in [4.69, 9.17) is 9.47 Å². The van der Waals surface area contributed by atoms with Gasteiger partial charge in [-0.1, -0.05) is 48.9 Å². The highest BCUT2D eigenvalue weighted by Gasteiger charge is 2.19. The molecule has 0 radical (unpaired) electrons. The number of carbonyl (C=O) groups excluding carboxylic acids is 1. The third-order valence-corrected chi connectivity index (χ3v) is 6.08. The van der Waals surface area contributed by atoms with Crippen LogP contribution in [0.4, 0.5) is 5.69 Å². The number of carboxylic acids is 1. The molecule has 1 aliphatic rings. The third kappa shape index (κ3) is 6.26. The van der Waals surface area contributed by atoms with Crippen LogP contribution >= 0.6 is 0 Å². The number of carboxylic acid groups (broad SMARTS) is 1. The number of nitrogens with one attached hydrogen (secondary N) is 1. The Morgan fingerprint density at radius 2 is 1.69 bits per heavy atom. The summed E-state index contributed by atoms with van der Waals surface area (Å²) in [5.74, 6) is -1.18. The van der Waals surface area contributed by atoms with Crippen molar-refractivity contribution < 1.29 is 24.2 Å². The summed E-state index contributed by atoms with van der Waals surface area (Å²) >= 11 is 0. The predicted molar refractivity (Wildman–Crippen MR) is 135 cm³/mol. The maximum Gasteiger partial charge on any atom is 0.337 e. The number of carbonyl (C=O) groups is 2. The van der Waals surface area contributed by atoms with Crippen LogP contribution in [0.3, 0.4) is 0 Å². The minimum atomic E-state index is -1.12. The molecule has 1 amide bonds. The summed E-state index contributed by atoms with van der Waals surface area (Å²) in [6.07, 6.45) is 3.61. The Kier molecular flexibility index (Phi) is 8.13. The van der Waals surface area contributed by atoms with E-state index in [2.05, 4.69) is 10.2 Å². The van der Waals surface area contributed by atoms with Crippen LogP contribution in [0.2, 0.25) is 0 Å². The van der Waals surface area contributed by atoms with Gasteiger partial charge in [0.1, 0.15) is 5.75 Å². The van der Waals surface area contributed by atoms with E-state index in [9.17, 15) is 14.7 Å². The van der Waals surface area contributed by atoms with Gasteiger partial charge >= 0.3 is 5.97 Å². The van der Waals surface area contributed by atoms with Crippen molar-refractivity contribution in [1.29, 1.82) is 0 Å². The molecule has 182 valence electrons. The first-order valence-corrected chi connectivity index (χ1v) is 11.8. The van der Waals surface area contributed by atoms with Gasteiger partial charge in [0, 0.05) is 13.7 Å². The van der Waals surface area contributed by atoms with Gasteiger partial charge in [0.2, 0.25) is 0 Å². The van der Waals surface area contributed by atoms with Crippen molar-refractivity contribution in [1.82, 2.24) is 4.90 Å². The number of likely N-dealkylation sites (tertiary alicyclic amines) is 1. The number of benzene rings is 3. The first-order chi connectivity index (χ1) is 17.0. The number of rotatable bonds is 9. The third-order valence-electron chi connectivity index (χ3n) is 6.08. The highest BCUT2D eigenvalue weighted by atomic mass is 16.7. The van der Waals surface area contributed by atoms with Gasteiger partial charge in [-0.15, -0.1) is 0 Å². The molecule has 3 aromatic carbocycles. The zero-order chi connectivity index (χ0) is 24.6. The molecule has 0 unspecified atom stereocenters. The Morgan fingerprint density at radius 3 is 2.40 bits per heavy atom. The maximum absolute atomic E-state index is 13.4. The summed E-state index contributed by atoms with van der Waals surface area (Å²) in [5, 5.41) is 12.5. The van der Waals surface area contributed by atoms with Gasteiger partial charge in [-0.25, -0.2) is 4.79 Å². The Hall–Kier alpha value is -3.68. The Morgan fingerprint density at radius 1 is 0.914 bits per heavy atom. The molecule has 35 heavy (non-hydrogen) atoms. The van der Waals surface area contributed by atoms with Gasteiger partial charge in [0.25, 0.3) is 5.91 Å². The molecule has 3 aromatic rings. The summed E-state index contributed by atoms with van der Waals surface area (Å²) in [7, 11) is 1.51. The van der Waals surface area contributed by atoms with Gasteiger partial charge in [-0.3, -0.25) is 9.69 Å². The Bertz CT molecular complexity index is 1170. The molecule has 7 heteroatoms. The average Bonchev–Trinajstić information content (AvgIpc) is 2.88. The molecule has 0 aromatic heterocycles. The SMILES string of the molecule is COCOc1ccc(CN2CCCCC2)cc1C(=O)Nc1cc(-c2ccccc2)ccc1C(=O)O. The summed E-state index contributed by atoms with van der Waals surface area (Å²) < 4.78 is 10.7. The van der Waals surface area contributed by atoms with E-state index in [1.807, 2.05) is 42.5 Å². The van der Waals surface area contributed by atoms with E-state index in [1.54, 1.807) is 18.2 Å². The lowest BCUT2D eigenvalue weighted by Gasteiger charge is -2.26. The Balaban J connectivity index is 1.64. The number of anilines is 1. The van der Waals surface area contributed by atoms with Gasteiger partial charge in [0.05, 0.1) is 16.8 Å². The number of methoxy groups -OCH3 is 1. The summed E-state index contributed by atoms with van der Waals surface area (Å²) in [6, 6.07) is 20.1. The van der Waals surface area contributed by atoms with Crippen LogP contribution in [0.5, 0.6) is 5.75 Å². The second-order valence-corrected chi connectivity index (χ2v) is 8.60. The lowest BCUT2D eigenvalue weighted by Crippen LogP contribution is -2.29.